The van der Waals surface area contributed by atoms with Gasteiger partial charge in [0.05, 0.1) is 6.54 Å². The summed E-state index contributed by atoms with van der Waals surface area (Å²) < 4.78 is 33.8. The highest BCUT2D eigenvalue weighted by Crippen LogP contribution is 2.22. The molecule has 0 saturated heterocycles. The number of rotatable bonds is 8. The summed E-state index contributed by atoms with van der Waals surface area (Å²) in [7, 11) is 3.88. The molecule has 8 heteroatoms. The Bertz CT molecular complexity index is 1250. The molecule has 1 aromatic heterocycles. The Morgan fingerprint density at radius 1 is 0.912 bits per heavy atom. The number of ether oxygens (including phenoxy) is 1. The number of carbonyl (C=O) groups excluding carboxylic acids is 1. The molecule has 3 aromatic carbocycles. The van der Waals surface area contributed by atoms with Crippen molar-refractivity contribution >= 4 is 17.3 Å². The van der Waals surface area contributed by atoms with Crippen molar-refractivity contribution in [1.82, 2.24) is 9.78 Å². The minimum Gasteiger partial charge on any atom is -0.471 e. The fourth-order valence-electron chi connectivity index (χ4n) is 3.30. The molecule has 0 unspecified atom stereocenters. The number of nitrogens with one attached hydrogen (secondary N) is 1. The predicted molar refractivity (Wildman–Crippen MR) is 127 cm³/mol. The van der Waals surface area contributed by atoms with Gasteiger partial charge >= 0.3 is 0 Å². The van der Waals surface area contributed by atoms with Crippen LogP contribution in [0.2, 0.25) is 0 Å². The molecule has 4 aromatic rings. The summed E-state index contributed by atoms with van der Waals surface area (Å²) in [6, 6.07) is 19.4. The second-order valence-corrected chi connectivity index (χ2v) is 7.98. The van der Waals surface area contributed by atoms with Gasteiger partial charge < -0.3 is 15.0 Å². The van der Waals surface area contributed by atoms with E-state index in [9.17, 15) is 13.6 Å². The topological polar surface area (TPSA) is 59.4 Å². The maximum absolute atomic E-state index is 13.2. The highest BCUT2D eigenvalue weighted by molar-refractivity contribution is 6.05. The normalized spacial score (nSPS) is 10.7. The fourth-order valence-corrected chi connectivity index (χ4v) is 3.30. The standard InChI is InChI=1S/C26H24F2N4O2/c1-31(2)23-13-11-22(12-14-23)29-25(33)24-16-32(15-18-3-7-20(27)8-4-18)30-26(24)34-17-19-5-9-21(28)10-6-19/h3-14,16H,15,17H2,1-2H3,(H,29,33). The molecule has 1 amide bonds. The van der Waals surface area contributed by atoms with E-state index in [-0.39, 0.29) is 35.6 Å². The lowest BCUT2D eigenvalue weighted by Gasteiger charge is -2.13. The highest BCUT2D eigenvalue weighted by atomic mass is 19.1. The lowest BCUT2D eigenvalue weighted by molar-refractivity contribution is 0.102. The summed E-state index contributed by atoms with van der Waals surface area (Å²) in [6.45, 7) is 0.448. The van der Waals surface area contributed by atoms with Gasteiger partial charge in [-0.15, -0.1) is 5.10 Å². The lowest BCUT2D eigenvalue weighted by Crippen LogP contribution is -2.13. The Hall–Kier alpha value is -4.20. The zero-order valence-corrected chi connectivity index (χ0v) is 18.8. The molecular weight excluding hydrogens is 438 g/mol. The number of carbonyl (C=O) groups is 1. The molecular formula is C26H24F2N4O2. The number of hydrogen-bond donors (Lipinski definition) is 1. The van der Waals surface area contributed by atoms with Gasteiger partial charge in [-0.25, -0.2) is 8.78 Å². The molecule has 4 rings (SSSR count). The number of anilines is 2. The van der Waals surface area contributed by atoms with E-state index in [2.05, 4.69) is 10.4 Å². The van der Waals surface area contributed by atoms with E-state index in [0.717, 1.165) is 16.8 Å². The number of hydrogen-bond acceptors (Lipinski definition) is 4. The zero-order valence-electron chi connectivity index (χ0n) is 18.8. The Labute approximate surface area is 196 Å². The Balaban J connectivity index is 1.55. The van der Waals surface area contributed by atoms with E-state index in [1.807, 2.05) is 43.3 Å². The van der Waals surface area contributed by atoms with Gasteiger partial charge in [0.15, 0.2) is 0 Å². The van der Waals surface area contributed by atoms with E-state index in [1.165, 1.54) is 24.3 Å². The van der Waals surface area contributed by atoms with Crippen LogP contribution in [0, 0.1) is 11.6 Å². The zero-order chi connectivity index (χ0) is 24.1. The van der Waals surface area contributed by atoms with Crippen molar-refractivity contribution in [3.63, 3.8) is 0 Å². The van der Waals surface area contributed by atoms with Gasteiger partial charge in [-0.2, -0.15) is 0 Å². The summed E-state index contributed by atoms with van der Waals surface area (Å²) in [5.74, 6) is -0.897. The average molecular weight is 463 g/mol. The monoisotopic (exact) mass is 462 g/mol. The Morgan fingerprint density at radius 2 is 1.50 bits per heavy atom. The first-order valence-electron chi connectivity index (χ1n) is 10.7. The van der Waals surface area contributed by atoms with Crippen molar-refractivity contribution in [2.75, 3.05) is 24.3 Å². The molecule has 1 N–H and O–H groups in total. The van der Waals surface area contributed by atoms with E-state index in [0.29, 0.717) is 12.2 Å². The van der Waals surface area contributed by atoms with Crippen LogP contribution >= 0.6 is 0 Å². The van der Waals surface area contributed by atoms with Crippen molar-refractivity contribution < 1.29 is 18.3 Å². The van der Waals surface area contributed by atoms with Crippen LogP contribution < -0.4 is 15.0 Å². The SMILES string of the molecule is CN(C)c1ccc(NC(=O)c2cn(Cc3ccc(F)cc3)nc2OCc2ccc(F)cc2)cc1. The summed E-state index contributed by atoms with van der Waals surface area (Å²) in [5.41, 5.74) is 3.45. The third-order valence-corrected chi connectivity index (χ3v) is 5.16. The van der Waals surface area contributed by atoms with E-state index in [4.69, 9.17) is 4.74 Å². The van der Waals surface area contributed by atoms with Crippen LogP contribution in [0.4, 0.5) is 20.2 Å². The molecule has 0 atom stereocenters. The molecule has 0 fully saturated rings. The minimum atomic E-state index is -0.378. The van der Waals surface area contributed by atoms with E-state index >= 15 is 0 Å². The van der Waals surface area contributed by atoms with Crippen LogP contribution in [-0.2, 0) is 13.2 Å². The van der Waals surface area contributed by atoms with Crippen molar-refractivity contribution in [2.45, 2.75) is 13.2 Å². The van der Waals surface area contributed by atoms with Crippen LogP contribution in [0.15, 0.2) is 79.0 Å². The van der Waals surface area contributed by atoms with Gasteiger partial charge in [0.25, 0.3) is 5.91 Å². The quantitative estimate of drug-likeness (QED) is 0.396. The molecule has 0 aliphatic heterocycles. The predicted octanol–water partition coefficient (Wildman–Crippen LogP) is 5.11. The number of benzene rings is 3. The molecule has 6 nitrogen and oxygen atoms in total. The average Bonchev–Trinajstić information content (AvgIpc) is 3.23. The minimum absolute atomic E-state index is 0.117. The molecule has 0 aliphatic carbocycles. The van der Waals surface area contributed by atoms with Crippen LogP contribution in [0.5, 0.6) is 5.88 Å². The molecule has 174 valence electrons. The van der Waals surface area contributed by atoms with Crippen molar-refractivity contribution in [3.05, 3.63) is 107 Å². The van der Waals surface area contributed by atoms with Crippen molar-refractivity contribution in [1.29, 1.82) is 0 Å². The molecule has 0 spiro atoms. The van der Waals surface area contributed by atoms with Gasteiger partial charge in [-0.1, -0.05) is 24.3 Å². The van der Waals surface area contributed by atoms with Crippen LogP contribution in [-0.4, -0.2) is 29.8 Å². The molecule has 0 radical (unpaired) electrons. The second-order valence-electron chi connectivity index (χ2n) is 7.98. The first-order valence-corrected chi connectivity index (χ1v) is 10.7. The highest BCUT2D eigenvalue weighted by Gasteiger charge is 2.19. The van der Waals surface area contributed by atoms with Gasteiger partial charge in [0, 0.05) is 31.7 Å². The van der Waals surface area contributed by atoms with Crippen LogP contribution in [0.3, 0.4) is 0 Å². The molecule has 0 bridgehead atoms. The summed E-state index contributed by atoms with van der Waals surface area (Å²) in [5, 5.41) is 7.28. The molecule has 0 saturated carbocycles. The third-order valence-electron chi connectivity index (χ3n) is 5.16. The molecule has 34 heavy (non-hydrogen) atoms. The first kappa shape index (κ1) is 23.0. The summed E-state index contributed by atoms with van der Waals surface area (Å²) >= 11 is 0. The first-order chi connectivity index (χ1) is 16.4. The van der Waals surface area contributed by atoms with E-state index < -0.39 is 0 Å². The third kappa shape index (κ3) is 5.78. The van der Waals surface area contributed by atoms with Gasteiger partial charge in [-0.3, -0.25) is 9.48 Å². The van der Waals surface area contributed by atoms with E-state index in [1.54, 1.807) is 35.1 Å². The maximum Gasteiger partial charge on any atom is 0.262 e. The van der Waals surface area contributed by atoms with Crippen LogP contribution in [0.25, 0.3) is 0 Å². The molecule has 1 heterocycles. The summed E-state index contributed by atoms with van der Waals surface area (Å²) in [4.78, 5) is 15.0. The number of halogens is 2. The maximum atomic E-state index is 13.2. The van der Waals surface area contributed by atoms with Crippen molar-refractivity contribution in [3.8, 4) is 5.88 Å². The van der Waals surface area contributed by atoms with Crippen molar-refractivity contribution in [2.24, 2.45) is 0 Å². The van der Waals surface area contributed by atoms with Crippen LogP contribution in [0.1, 0.15) is 21.5 Å². The van der Waals surface area contributed by atoms with Gasteiger partial charge in [0.1, 0.15) is 23.8 Å². The fraction of sp³-hybridized carbons (Fsp3) is 0.154. The number of amides is 1. The molecule has 0 aliphatic rings. The van der Waals surface area contributed by atoms with Gasteiger partial charge in [0.2, 0.25) is 5.88 Å². The number of aromatic nitrogens is 2. The smallest absolute Gasteiger partial charge is 0.262 e. The summed E-state index contributed by atoms with van der Waals surface area (Å²) in [6.07, 6.45) is 1.59. The van der Waals surface area contributed by atoms with Gasteiger partial charge in [-0.05, 0) is 59.7 Å². The number of nitrogens with zero attached hydrogens (tertiary/aromatic N) is 3. The lowest BCUT2D eigenvalue weighted by atomic mass is 10.2. The Kier molecular flexibility index (Phi) is 6.87. The Morgan fingerprint density at radius 3 is 2.09 bits per heavy atom. The largest absolute Gasteiger partial charge is 0.471 e. The second kappa shape index (κ2) is 10.2.